The molecule has 3 rings (SSSR count). The van der Waals surface area contributed by atoms with Gasteiger partial charge < -0.3 is 9.64 Å². The first-order valence-corrected chi connectivity index (χ1v) is 10.7. The number of nitrogens with zero attached hydrogens (tertiary/aromatic N) is 2. The summed E-state index contributed by atoms with van der Waals surface area (Å²) >= 11 is 5.99. The van der Waals surface area contributed by atoms with Crippen LogP contribution in [0.15, 0.2) is 24.3 Å². The Morgan fingerprint density at radius 1 is 1.20 bits per heavy atom. The van der Waals surface area contributed by atoms with E-state index < -0.39 is 11.7 Å². The molecule has 2 fully saturated rings. The fraction of sp³-hybridized carbons (Fsp3) is 0.591. The summed E-state index contributed by atoms with van der Waals surface area (Å²) in [6.45, 7) is 8.36. The van der Waals surface area contributed by atoms with Crippen molar-refractivity contribution in [2.45, 2.75) is 45.1 Å². The van der Waals surface area contributed by atoms with Gasteiger partial charge in [-0.1, -0.05) is 11.6 Å². The van der Waals surface area contributed by atoms with Gasteiger partial charge in [0.1, 0.15) is 0 Å². The molecule has 0 spiro atoms. The van der Waals surface area contributed by atoms with E-state index >= 15 is 0 Å². The predicted molar refractivity (Wildman–Crippen MR) is 111 cm³/mol. The van der Waals surface area contributed by atoms with Crippen LogP contribution in [0, 0.1) is 5.92 Å². The Labute approximate surface area is 180 Å². The second-order valence-corrected chi connectivity index (χ2v) is 8.72. The molecule has 2 heterocycles. The summed E-state index contributed by atoms with van der Waals surface area (Å²) in [4.78, 5) is 16.7. The lowest BCUT2D eigenvalue weighted by Crippen LogP contribution is -2.48. The van der Waals surface area contributed by atoms with Crippen molar-refractivity contribution in [2.75, 3.05) is 32.7 Å². The highest BCUT2D eigenvalue weighted by molar-refractivity contribution is 6.32. The maximum Gasteiger partial charge on any atom is 0.416 e. The molecule has 30 heavy (non-hydrogen) atoms. The highest BCUT2D eigenvalue weighted by Gasteiger charge is 2.31. The van der Waals surface area contributed by atoms with E-state index in [0.29, 0.717) is 19.0 Å². The van der Waals surface area contributed by atoms with Crippen molar-refractivity contribution in [3.8, 4) is 0 Å². The first-order valence-electron chi connectivity index (χ1n) is 10.3. The number of morpholine rings is 1. The molecule has 1 aromatic rings. The van der Waals surface area contributed by atoms with Crippen LogP contribution < -0.4 is 0 Å². The number of likely N-dealkylation sites (tertiary alicyclic amines) is 1. The van der Waals surface area contributed by atoms with Gasteiger partial charge in [-0.25, -0.2) is 0 Å². The zero-order chi connectivity index (χ0) is 21.9. The van der Waals surface area contributed by atoms with E-state index in [0.717, 1.165) is 44.6 Å². The Kier molecular flexibility index (Phi) is 7.47. The molecule has 0 aliphatic carbocycles. The zero-order valence-corrected chi connectivity index (χ0v) is 18.0. The number of halogens is 4. The van der Waals surface area contributed by atoms with Crippen LogP contribution in [0.25, 0.3) is 6.08 Å². The Bertz CT molecular complexity index is 766. The normalized spacial score (nSPS) is 24.5. The van der Waals surface area contributed by atoms with Crippen LogP contribution in [0.3, 0.4) is 0 Å². The zero-order valence-electron chi connectivity index (χ0n) is 17.3. The molecule has 0 N–H and O–H groups in total. The molecule has 2 aliphatic rings. The fourth-order valence-electron chi connectivity index (χ4n) is 4.25. The lowest BCUT2D eigenvalue weighted by atomic mass is 9.95. The summed E-state index contributed by atoms with van der Waals surface area (Å²) in [5.41, 5.74) is -0.600. The highest BCUT2D eigenvalue weighted by atomic mass is 35.5. The third-order valence-electron chi connectivity index (χ3n) is 5.67. The number of amides is 1. The van der Waals surface area contributed by atoms with Crippen molar-refractivity contribution in [3.63, 3.8) is 0 Å². The lowest BCUT2D eigenvalue weighted by molar-refractivity contribution is -0.137. The Hall–Kier alpha value is -1.57. The van der Waals surface area contributed by atoms with Crippen LogP contribution in [0.5, 0.6) is 0 Å². The topological polar surface area (TPSA) is 32.8 Å². The highest BCUT2D eigenvalue weighted by Crippen LogP contribution is 2.32. The Morgan fingerprint density at radius 2 is 1.83 bits per heavy atom. The van der Waals surface area contributed by atoms with E-state index in [1.54, 1.807) is 4.90 Å². The number of carbonyl (C=O) groups is 1. The first kappa shape index (κ1) is 23.1. The summed E-state index contributed by atoms with van der Waals surface area (Å²) in [5.74, 6) is 0.337. The molecule has 0 saturated carbocycles. The summed E-state index contributed by atoms with van der Waals surface area (Å²) in [5, 5.41) is 0.180. The predicted octanol–water partition coefficient (Wildman–Crippen LogP) is 4.72. The van der Waals surface area contributed by atoms with Gasteiger partial charge in [0.25, 0.3) is 0 Å². The van der Waals surface area contributed by atoms with E-state index in [1.165, 1.54) is 18.2 Å². The molecule has 8 heteroatoms. The number of hydrogen-bond donors (Lipinski definition) is 0. The van der Waals surface area contributed by atoms with Gasteiger partial charge in [-0.05, 0) is 62.4 Å². The van der Waals surface area contributed by atoms with Crippen LogP contribution in [0.1, 0.15) is 37.8 Å². The van der Waals surface area contributed by atoms with Crippen LogP contribution in [-0.2, 0) is 15.7 Å². The molecule has 0 aromatic heterocycles. The Morgan fingerprint density at radius 3 is 2.43 bits per heavy atom. The van der Waals surface area contributed by atoms with Crippen LogP contribution in [0.2, 0.25) is 5.02 Å². The van der Waals surface area contributed by atoms with Gasteiger partial charge in [0.15, 0.2) is 0 Å². The minimum Gasteiger partial charge on any atom is -0.373 e. The summed E-state index contributed by atoms with van der Waals surface area (Å²) in [7, 11) is 0. The van der Waals surface area contributed by atoms with Crippen LogP contribution in [0.4, 0.5) is 13.2 Å². The molecule has 2 unspecified atom stereocenters. The molecule has 2 atom stereocenters. The number of rotatable bonds is 4. The van der Waals surface area contributed by atoms with E-state index in [-0.39, 0.29) is 28.7 Å². The van der Waals surface area contributed by atoms with Gasteiger partial charge in [-0.2, -0.15) is 13.2 Å². The Balaban J connectivity index is 1.52. The molecule has 0 bridgehead atoms. The van der Waals surface area contributed by atoms with Gasteiger partial charge in [0.05, 0.1) is 17.8 Å². The molecule has 4 nitrogen and oxygen atoms in total. The second kappa shape index (κ2) is 9.71. The number of piperidine rings is 1. The van der Waals surface area contributed by atoms with Gasteiger partial charge in [0, 0.05) is 43.8 Å². The van der Waals surface area contributed by atoms with E-state index in [9.17, 15) is 18.0 Å². The average molecular weight is 445 g/mol. The molecular formula is C22H28ClF3N2O2. The summed E-state index contributed by atoms with van der Waals surface area (Å²) < 4.78 is 44.4. The van der Waals surface area contributed by atoms with Gasteiger partial charge in [-0.15, -0.1) is 0 Å². The van der Waals surface area contributed by atoms with E-state index in [1.807, 2.05) is 0 Å². The van der Waals surface area contributed by atoms with Crippen LogP contribution >= 0.6 is 11.6 Å². The SMILES string of the molecule is CC1CN(CC2CCN(C(=O)/C=C/c3cc(C(F)(F)F)ccc3Cl)CC2)CC(C)O1. The van der Waals surface area contributed by atoms with Crippen molar-refractivity contribution in [1.29, 1.82) is 0 Å². The van der Waals surface area contributed by atoms with Crippen molar-refractivity contribution in [2.24, 2.45) is 5.92 Å². The number of carbonyl (C=O) groups excluding carboxylic acids is 1. The number of ether oxygens (including phenoxy) is 1. The summed E-state index contributed by atoms with van der Waals surface area (Å²) in [6, 6.07) is 3.10. The van der Waals surface area contributed by atoms with Crippen LogP contribution in [-0.4, -0.2) is 60.6 Å². The number of benzene rings is 1. The smallest absolute Gasteiger partial charge is 0.373 e. The molecule has 1 aromatic carbocycles. The lowest BCUT2D eigenvalue weighted by Gasteiger charge is -2.39. The van der Waals surface area contributed by atoms with E-state index in [4.69, 9.17) is 16.3 Å². The van der Waals surface area contributed by atoms with Gasteiger partial charge >= 0.3 is 6.18 Å². The van der Waals surface area contributed by atoms with Crippen molar-refractivity contribution in [1.82, 2.24) is 9.80 Å². The maximum atomic E-state index is 12.9. The quantitative estimate of drug-likeness (QED) is 0.630. The molecule has 2 aliphatic heterocycles. The standard InChI is InChI=1S/C22H28ClF3N2O2/c1-15-12-27(13-16(2)30-15)14-17-7-9-28(10-8-17)21(29)6-3-18-11-19(22(24,25)26)4-5-20(18)23/h3-6,11,15-17H,7-10,12-14H2,1-2H3/b6-3+. The monoisotopic (exact) mass is 444 g/mol. The van der Waals surface area contributed by atoms with Crippen molar-refractivity contribution in [3.05, 3.63) is 40.4 Å². The average Bonchev–Trinajstić information content (AvgIpc) is 2.66. The number of hydrogen-bond acceptors (Lipinski definition) is 3. The van der Waals surface area contributed by atoms with Crippen molar-refractivity contribution >= 4 is 23.6 Å². The minimum absolute atomic E-state index is 0.180. The van der Waals surface area contributed by atoms with E-state index in [2.05, 4.69) is 18.7 Å². The van der Waals surface area contributed by atoms with Gasteiger partial charge in [0.2, 0.25) is 5.91 Å². The number of alkyl halides is 3. The molecule has 2 saturated heterocycles. The third kappa shape index (κ3) is 6.22. The first-order chi connectivity index (χ1) is 14.1. The second-order valence-electron chi connectivity index (χ2n) is 8.31. The van der Waals surface area contributed by atoms with Crippen molar-refractivity contribution < 1.29 is 22.7 Å². The molecule has 166 valence electrons. The molecule has 0 radical (unpaired) electrons. The largest absolute Gasteiger partial charge is 0.416 e. The minimum atomic E-state index is -4.45. The summed E-state index contributed by atoms with van der Waals surface area (Å²) in [6.07, 6.45) is 0.546. The fourth-order valence-corrected chi connectivity index (χ4v) is 4.43. The molecule has 1 amide bonds. The maximum absolute atomic E-state index is 12.9. The van der Waals surface area contributed by atoms with Gasteiger partial charge in [-0.3, -0.25) is 9.69 Å². The molecular weight excluding hydrogens is 417 g/mol. The third-order valence-corrected chi connectivity index (χ3v) is 6.01.